The van der Waals surface area contributed by atoms with Crippen molar-refractivity contribution >= 4 is 15.9 Å². The molecule has 0 spiro atoms. The Kier molecular flexibility index (Phi) is 2.45. The number of hydrogen-bond donors (Lipinski definition) is 0. The molecule has 0 fully saturated rings. The van der Waals surface area contributed by atoms with Crippen LogP contribution in [0.15, 0.2) is 11.6 Å². The van der Waals surface area contributed by atoms with E-state index >= 15 is 0 Å². The predicted molar refractivity (Wildman–Crippen MR) is 40.4 cm³/mol. The third kappa shape index (κ3) is 2.04. The first-order valence-corrected chi connectivity index (χ1v) is 4.16. The summed E-state index contributed by atoms with van der Waals surface area (Å²) < 4.78 is 24.9. The summed E-state index contributed by atoms with van der Waals surface area (Å²) in [5.74, 6) is 0. The molecule has 0 nitrogen and oxygen atoms in total. The van der Waals surface area contributed by atoms with Crippen molar-refractivity contribution in [2.75, 3.05) is 0 Å². The summed E-state index contributed by atoms with van der Waals surface area (Å²) >= 11 is 2.34. The molecule has 0 aromatic carbocycles. The van der Waals surface area contributed by atoms with Crippen molar-refractivity contribution in [2.24, 2.45) is 0 Å². The first kappa shape index (κ1) is 8.18. The van der Waals surface area contributed by atoms with Gasteiger partial charge in [0.15, 0.2) is 0 Å². The van der Waals surface area contributed by atoms with Gasteiger partial charge in [0.1, 0.15) is 0 Å². The quantitative estimate of drug-likeness (QED) is 0.460. The van der Waals surface area contributed by atoms with Gasteiger partial charge in [-0.2, -0.15) is 8.78 Å². The summed E-state index contributed by atoms with van der Waals surface area (Å²) in [7, 11) is 0. The molecule has 10 heavy (non-hydrogen) atoms. The van der Waals surface area contributed by atoms with E-state index in [9.17, 15) is 8.78 Å². The molecular formula is C7H9BrF2. The van der Waals surface area contributed by atoms with Crippen LogP contribution in [0.3, 0.4) is 0 Å². The molecule has 0 aromatic heterocycles. The van der Waals surface area contributed by atoms with Gasteiger partial charge >= 0.3 is 4.83 Å². The second kappa shape index (κ2) is 2.99. The van der Waals surface area contributed by atoms with Gasteiger partial charge in [0.2, 0.25) is 0 Å². The maximum Gasteiger partial charge on any atom is 0.322 e. The summed E-state index contributed by atoms with van der Waals surface area (Å²) in [4.78, 5) is -2.76. The number of halogens is 3. The van der Waals surface area contributed by atoms with Gasteiger partial charge in [0.05, 0.1) is 0 Å². The molecule has 58 valence electrons. The van der Waals surface area contributed by atoms with Gasteiger partial charge < -0.3 is 0 Å². The Morgan fingerprint density at radius 3 is 2.40 bits per heavy atom. The van der Waals surface area contributed by atoms with Crippen molar-refractivity contribution in [3.63, 3.8) is 0 Å². The average molecular weight is 211 g/mol. The lowest BCUT2D eigenvalue weighted by atomic mass is 10.0. The van der Waals surface area contributed by atoms with Crippen LogP contribution >= 0.6 is 15.9 Å². The lowest BCUT2D eigenvalue weighted by Gasteiger charge is -2.16. The molecule has 0 aliphatic heterocycles. The third-order valence-electron chi connectivity index (χ3n) is 1.66. The Morgan fingerprint density at radius 2 is 2.10 bits per heavy atom. The largest absolute Gasteiger partial charge is 0.322 e. The van der Waals surface area contributed by atoms with Gasteiger partial charge in [-0.1, -0.05) is 6.08 Å². The van der Waals surface area contributed by atoms with Crippen molar-refractivity contribution in [3.05, 3.63) is 11.6 Å². The molecule has 1 aliphatic rings. The van der Waals surface area contributed by atoms with Crippen molar-refractivity contribution in [1.29, 1.82) is 0 Å². The van der Waals surface area contributed by atoms with Crippen LogP contribution in [0, 0.1) is 0 Å². The molecule has 1 rings (SSSR count). The molecule has 0 saturated carbocycles. The molecule has 0 N–H and O–H groups in total. The third-order valence-corrected chi connectivity index (χ3v) is 2.16. The highest BCUT2D eigenvalue weighted by molar-refractivity contribution is 9.10. The number of hydrogen-bond acceptors (Lipinski definition) is 0. The van der Waals surface area contributed by atoms with Crippen LogP contribution in [-0.4, -0.2) is 4.83 Å². The highest BCUT2D eigenvalue weighted by Crippen LogP contribution is 2.36. The maximum absolute atomic E-state index is 12.5. The van der Waals surface area contributed by atoms with Crippen molar-refractivity contribution < 1.29 is 8.78 Å². The number of allylic oxidation sites excluding steroid dienone is 2. The van der Waals surface area contributed by atoms with Gasteiger partial charge in [-0.25, -0.2) is 0 Å². The van der Waals surface area contributed by atoms with E-state index in [1.807, 2.05) is 0 Å². The van der Waals surface area contributed by atoms with Gasteiger partial charge in [0.25, 0.3) is 0 Å². The van der Waals surface area contributed by atoms with Crippen LogP contribution < -0.4 is 0 Å². The summed E-state index contributed by atoms with van der Waals surface area (Å²) in [5, 5.41) is 0. The van der Waals surface area contributed by atoms with Crippen LogP contribution in [0.5, 0.6) is 0 Å². The fourth-order valence-corrected chi connectivity index (χ4v) is 1.46. The first-order valence-electron chi connectivity index (χ1n) is 3.37. The standard InChI is InChI=1S/C7H9BrF2/c8-7(9,10)6-4-2-1-3-5-6/h4H,1-3,5H2. The maximum atomic E-state index is 12.5. The molecule has 0 aromatic rings. The minimum absolute atomic E-state index is 0.249. The summed E-state index contributed by atoms with van der Waals surface area (Å²) in [6, 6.07) is 0. The van der Waals surface area contributed by atoms with Crippen molar-refractivity contribution in [3.8, 4) is 0 Å². The van der Waals surface area contributed by atoms with E-state index in [4.69, 9.17) is 0 Å². The van der Waals surface area contributed by atoms with E-state index in [1.165, 1.54) is 0 Å². The molecule has 0 atom stereocenters. The van der Waals surface area contributed by atoms with Crippen LogP contribution in [-0.2, 0) is 0 Å². The van der Waals surface area contributed by atoms with Crippen LogP contribution in [0.25, 0.3) is 0 Å². The summed E-state index contributed by atoms with van der Waals surface area (Å²) in [6.45, 7) is 0. The van der Waals surface area contributed by atoms with Crippen LogP contribution in [0.2, 0.25) is 0 Å². The van der Waals surface area contributed by atoms with E-state index in [0.29, 0.717) is 6.42 Å². The highest BCUT2D eigenvalue weighted by Gasteiger charge is 2.29. The Bertz CT molecular complexity index is 146. The molecule has 0 amide bonds. The first-order chi connectivity index (χ1) is 4.61. The summed E-state index contributed by atoms with van der Waals surface area (Å²) in [5.41, 5.74) is 0.249. The Morgan fingerprint density at radius 1 is 1.40 bits per heavy atom. The molecule has 1 aliphatic carbocycles. The van der Waals surface area contributed by atoms with E-state index in [2.05, 4.69) is 15.9 Å². The second-order valence-corrected chi connectivity index (χ2v) is 3.47. The van der Waals surface area contributed by atoms with Gasteiger partial charge in [-0.3, -0.25) is 0 Å². The fraction of sp³-hybridized carbons (Fsp3) is 0.714. The molecule has 0 unspecified atom stereocenters. The SMILES string of the molecule is FC(F)(Br)C1=CCCCC1. The Balaban J connectivity index is 2.62. The van der Waals surface area contributed by atoms with Crippen LogP contribution in [0.4, 0.5) is 8.78 Å². The summed E-state index contributed by atoms with van der Waals surface area (Å²) in [6.07, 6.45) is 4.92. The molecule has 0 heterocycles. The molecule has 3 heteroatoms. The fourth-order valence-electron chi connectivity index (χ4n) is 1.10. The van der Waals surface area contributed by atoms with E-state index in [0.717, 1.165) is 19.3 Å². The van der Waals surface area contributed by atoms with Crippen molar-refractivity contribution in [1.82, 2.24) is 0 Å². The monoisotopic (exact) mass is 210 g/mol. The lowest BCUT2D eigenvalue weighted by molar-refractivity contribution is 0.150. The number of rotatable bonds is 1. The second-order valence-electron chi connectivity index (χ2n) is 2.47. The molecule has 0 bridgehead atoms. The predicted octanol–water partition coefficient (Wildman–Crippen LogP) is 3.47. The van der Waals surface area contributed by atoms with Gasteiger partial charge in [-0.05, 0) is 41.6 Å². The smallest absolute Gasteiger partial charge is 0.189 e. The van der Waals surface area contributed by atoms with Crippen molar-refractivity contribution in [2.45, 2.75) is 30.5 Å². The normalized spacial score (nSPS) is 20.5. The zero-order chi connectivity index (χ0) is 7.61. The Hall–Kier alpha value is 0.0800. The Labute approximate surface area is 67.4 Å². The highest BCUT2D eigenvalue weighted by atomic mass is 79.9. The van der Waals surface area contributed by atoms with E-state index in [1.54, 1.807) is 6.08 Å². The van der Waals surface area contributed by atoms with Crippen LogP contribution in [0.1, 0.15) is 25.7 Å². The molecule has 0 radical (unpaired) electrons. The molecular weight excluding hydrogens is 202 g/mol. The average Bonchev–Trinajstić information content (AvgIpc) is 1.88. The van der Waals surface area contributed by atoms with Gasteiger partial charge in [0, 0.05) is 5.57 Å². The number of alkyl halides is 3. The minimum Gasteiger partial charge on any atom is -0.189 e. The molecule has 0 saturated heterocycles. The van der Waals surface area contributed by atoms with E-state index < -0.39 is 4.83 Å². The lowest BCUT2D eigenvalue weighted by Crippen LogP contribution is -2.11. The zero-order valence-electron chi connectivity index (χ0n) is 5.54. The van der Waals surface area contributed by atoms with Gasteiger partial charge in [-0.15, -0.1) is 0 Å². The minimum atomic E-state index is -2.76. The topological polar surface area (TPSA) is 0 Å². The zero-order valence-corrected chi connectivity index (χ0v) is 7.13. The van der Waals surface area contributed by atoms with E-state index in [-0.39, 0.29) is 5.57 Å².